The summed E-state index contributed by atoms with van der Waals surface area (Å²) in [7, 11) is 0. The highest BCUT2D eigenvalue weighted by Gasteiger charge is 2.31. The van der Waals surface area contributed by atoms with Gasteiger partial charge in [0, 0.05) is 29.3 Å². The minimum absolute atomic E-state index is 0.378. The summed E-state index contributed by atoms with van der Waals surface area (Å²) in [5.41, 5.74) is 8.46. The third-order valence-electron chi connectivity index (χ3n) is 5.67. The summed E-state index contributed by atoms with van der Waals surface area (Å²) in [6.07, 6.45) is 4.32. The smallest absolute Gasteiger partial charge is 0.138 e. The van der Waals surface area contributed by atoms with Crippen molar-refractivity contribution in [3.8, 4) is 11.3 Å². The molecule has 0 spiro atoms. The third kappa shape index (κ3) is 2.97. The molecule has 3 heterocycles. The molecule has 2 aromatic heterocycles. The molecule has 1 atom stereocenters. The van der Waals surface area contributed by atoms with E-state index in [0.717, 1.165) is 36.7 Å². The molecular formula is C21H26N4O. The van der Waals surface area contributed by atoms with Gasteiger partial charge in [-0.2, -0.15) is 5.10 Å². The zero-order valence-electron chi connectivity index (χ0n) is 16.0. The molecule has 136 valence electrons. The first-order valence-electron chi connectivity index (χ1n) is 9.31. The Bertz CT molecular complexity index is 904. The number of aryl methyl sites for hydroxylation is 4. The second kappa shape index (κ2) is 6.72. The quantitative estimate of drug-likeness (QED) is 0.745. The van der Waals surface area contributed by atoms with Crippen LogP contribution >= 0.6 is 0 Å². The molecule has 1 saturated heterocycles. The summed E-state index contributed by atoms with van der Waals surface area (Å²) in [6, 6.07) is 6.97. The zero-order chi connectivity index (χ0) is 18.3. The molecule has 4 rings (SSSR count). The van der Waals surface area contributed by atoms with Crippen LogP contribution in [0.1, 0.15) is 52.6 Å². The van der Waals surface area contributed by atoms with Gasteiger partial charge in [0.2, 0.25) is 0 Å². The summed E-state index contributed by atoms with van der Waals surface area (Å²) < 4.78 is 5.41. The number of likely N-dealkylation sites (tertiary alicyclic amines) is 1. The average molecular weight is 350 g/mol. The van der Waals surface area contributed by atoms with E-state index in [4.69, 9.17) is 4.52 Å². The number of hydrogen-bond acceptors (Lipinski definition) is 4. The number of hydrogen-bond donors (Lipinski definition) is 1. The van der Waals surface area contributed by atoms with Crippen LogP contribution in [0.5, 0.6) is 0 Å². The summed E-state index contributed by atoms with van der Waals surface area (Å²) in [5, 5.41) is 11.7. The Labute approximate surface area is 154 Å². The molecular weight excluding hydrogens is 324 g/mol. The van der Waals surface area contributed by atoms with E-state index in [1.807, 2.05) is 20.0 Å². The summed E-state index contributed by atoms with van der Waals surface area (Å²) >= 11 is 0. The second-order valence-corrected chi connectivity index (χ2v) is 7.44. The maximum atomic E-state index is 5.41. The predicted octanol–water partition coefficient (Wildman–Crippen LogP) is 4.64. The van der Waals surface area contributed by atoms with Crippen molar-refractivity contribution in [2.75, 3.05) is 6.54 Å². The highest BCUT2D eigenvalue weighted by atomic mass is 16.5. The van der Waals surface area contributed by atoms with Gasteiger partial charge in [0.1, 0.15) is 5.76 Å². The summed E-state index contributed by atoms with van der Waals surface area (Å²) in [6.45, 7) is 10.3. The molecule has 0 bridgehead atoms. The van der Waals surface area contributed by atoms with Crippen molar-refractivity contribution in [2.45, 2.75) is 53.1 Å². The van der Waals surface area contributed by atoms with Crippen LogP contribution in [0, 0.1) is 27.7 Å². The molecule has 1 N–H and O–H groups in total. The lowest BCUT2D eigenvalue weighted by molar-refractivity contribution is 0.246. The lowest BCUT2D eigenvalue weighted by Gasteiger charge is -2.24. The van der Waals surface area contributed by atoms with Crippen molar-refractivity contribution < 1.29 is 4.52 Å². The first-order valence-corrected chi connectivity index (χ1v) is 9.31. The Balaban J connectivity index is 1.62. The SMILES string of the molecule is Cc1ccc(-c2[nH]ncc2CN2CCC[C@H]2c2c(C)noc2C)cc1C. The highest BCUT2D eigenvalue weighted by Crippen LogP contribution is 2.37. The molecule has 5 nitrogen and oxygen atoms in total. The Kier molecular flexibility index (Phi) is 4.41. The van der Waals surface area contributed by atoms with Crippen molar-refractivity contribution in [1.29, 1.82) is 0 Å². The molecule has 0 unspecified atom stereocenters. The number of aromatic amines is 1. The highest BCUT2D eigenvalue weighted by molar-refractivity contribution is 5.64. The van der Waals surface area contributed by atoms with E-state index in [0.29, 0.717) is 6.04 Å². The van der Waals surface area contributed by atoms with Crippen molar-refractivity contribution in [1.82, 2.24) is 20.3 Å². The molecule has 0 radical (unpaired) electrons. The van der Waals surface area contributed by atoms with Gasteiger partial charge < -0.3 is 4.52 Å². The van der Waals surface area contributed by atoms with E-state index < -0.39 is 0 Å². The van der Waals surface area contributed by atoms with Crippen LogP contribution in [0.25, 0.3) is 11.3 Å². The van der Waals surface area contributed by atoms with Crippen molar-refractivity contribution in [3.63, 3.8) is 0 Å². The van der Waals surface area contributed by atoms with E-state index in [2.05, 4.69) is 52.3 Å². The summed E-state index contributed by atoms with van der Waals surface area (Å²) in [5.74, 6) is 0.945. The largest absolute Gasteiger partial charge is 0.361 e. The zero-order valence-corrected chi connectivity index (χ0v) is 16.0. The molecule has 1 aromatic carbocycles. The van der Waals surface area contributed by atoms with Gasteiger partial charge in [-0.3, -0.25) is 10.00 Å². The number of benzene rings is 1. The third-order valence-corrected chi connectivity index (χ3v) is 5.67. The maximum Gasteiger partial charge on any atom is 0.138 e. The molecule has 5 heteroatoms. The topological polar surface area (TPSA) is 58.0 Å². The lowest BCUT2D eigenvalue weighted by Crippen LogP contribution is -2.23. The Morgan fingerprint density at radius 1 is 1.19 bits per heavy atom. The van der Waals surface area contributed by atoms with Gasteiger partial charge in [-0.1, -0.05) is 17.3 Å². The van der Waals surface area contributed by atoms with Crippen LogP contribution < -0.4 is 0 Å². The monoisotopic (exact) mass is 350 g/mol. The van der Waals surface area contributed by atoms with Crippen LogP contribution in [0.15, 0.2) is 28.9 Å². The second-order valence-electron chi connectivity index (χ2n) is 7.44. The van der Waals surface area contributed by atoms with Gasteiger partial charge in [-0.05, 0) is 64.3 Å². The van der Waals surface area contributed by atoms with Crippen molar-refractivity contribution >= 4 is 0 Å². The fourth-order valence-corrected chi connectivity index (χ4v) is 4.10. The number of rotatable bonds is 4. The minimum atomic E-state index is 0.378. The van der Waals surface area contributed by atoms with E-state index in [-0.39, 0.29) is 0 Å². The molecule has 1 aliphatic rings. The van der Waals surface area contributed by atoms with Crippen LogP contribution in [-0.2, 0) is 6.54 Å². The molecule has 1 aliphatic heterocycles. The average Bonchev–Trinajstić information content (AvgIpc) is 3.32. The number of nitrogens with one attached hydrogen (secondary N) is 1. The Hall–Kier alpha value is -2.40. The standard InChI is InChI=1S/C21H26N4O/c1-13-7-8-17(10-14(13)2)21-18(11-22-23-21)12-25-9-5-6-19(25)20-15(3)24-26-16(20)4/h7-8,10-11,19H,5-6,9,12H2,1-4H3,(H,22,23)/t19-/m0/s1. The van der Waals surface area contributed by atoms with Crippen molar-refractivity contribution in [3.05, 3.63) is 58.1 Å². The fraction of sp³-hybridized carbons (Fsp3) is 0.429. The van der Waals surface area contributed by atoms with Crippen LogP contribution in [0.3, 0.4) is 0 Å². The first-order chi connectivity index (χ1) is 12.5. The van der Waals surface area contributed by atoms with Crippen molar-refractivity contribution in [2.24, 2.45) is 0 Å². The molecule has 3 aromatic rings. The van der Waals surface area contributed by atoms with E-state index in [9.17, 15) is 0 Å². The van der Waals surface area contributed by atoms with Gasteiger partial charge in [0.25, 0.3) is 0 Å². The van der Waals surface area contributed by atoms with E-state index in [1.165, 1.54) is 34.2 Å². The van der Waals surface area contributed by atoms with Crippen LogP contribution in [-0.4, -0.2) is 26.8 Å². The van der Waals surface area contributed by atoms with E-state index in [1.54, 1.807) is 0 Å². The lowest BCUT2D eigenvalue weighted by atomic mass is 10.0. The van der Waals surface area contributed by atoms with Crippen LogP contribution in [0.2, 0.25) is 0 Å². The van der Waals surface area contributed by atoms with Crippen LogP contribution in [0.4, 0.5) is 0 Å². The number of H-pyrrole nitrogens is 1. The Morgan fingerprint density at radius 2 is 2.04 bits per heavy atom. The van der Waals surface area contributed by atoms with Gasteiger partial charge in [0.05, 0.1) is 17.6 Å². The molecule has 26 heavy (non-hydrogen) atoms. The Morgan fingerprint density at radius 3 is 2.77 bits per heavy atom. The normalized spacial score (nSPS) is 17.9. The van der Waals surface area contributed by atoms with Gasteiger partial charge in [0.15, 0.2) is 0 Å². The summed E-state index contributed by atoms with van der Waals surface area (Å²) in [4.78, 5) is 2.53. The predicted molar refractivity (Wildman–Crippen MR) is 102 cm³/mol. The maximum absolute atomic E-state index is 5.41. The molecule has 0 saturated carbocycles. The first kappa shape index (κ1) is 17.0. The van der Waals surface area contributed by atoms with Gasteiger partial charge >= 0.3 is 0 Å². The van der Waals surface area contributed by atoms with E-state index >= 15 is 0 Å². The molecule has 1 fully saturated rings. The minimum Gasteiger partial charge on any atom is -0.361 e. The number of aromatic nitrogens is 3. The van der Waals surface area contributed by atoms with Gasteiger partial charge in [-0.15, -0.1) is 0 Å². The fourth-order valence-electron chi connectivity index (χ4n) is 4.10. The molecule has 0 aliphatic carbocycles. The molecule has 0 amide bonds. The van der Waals surface area contributed by atoms with Gasteiger partial charge in [-0.25, -0.2) is 0 Å². The number of nitrogens with zero attached hydrogens (tertiary/aromatic N) is 3.